The third-order valence-corrected chi connectivity index (χ3v) is 8.71. The number of hydrogen-bond acceptors (Lipinski definition) is 7. The fraction of sp³-hybridized carbons (Fsp3) is 0.333. The highest BCUT2D eigenvalue weighted by atomic mass is 32.2. The molecule has 0 spiro atoms. The molecule has 3 aromatic rings. The smallest absolute Gasteiger partial charge is 0.407 e. The molecule has 0 aliphatic carbocycles. The van der Waals surface area contributed by atoms with Crippen LogP contribution in [0.4, 0.5) is 25.1 Å². The number of rotatable bonds is 9. The standard InChI is InChI=1S/C27H30F2N4O6S/c1-17-12-24(21(28)14-22(17)31(2)19-10-11-32(16-19)27(34)35)40(36,37)33(26-7-5-6-25(29)30-26)15-18-8-9-20(38-3)13-23(18)39-4/h5-9,12-14,19H,10-11,15-16H2,1-4H3,(H,34,35). The normalized spacial score (nSPS) is 15.2. The Kier molecular flexibility index (Phi) is 8.33. The summed E-state index contributed by atoms with van der Waals surface area (Å²) in [6, 6.07) is 10.6. The van der Waals surface area contributed by atoms with Gasteiger partial charge in [0, 0.05) is 43.5 Å². The molecular formula is C27H30F2N4O6S. The summed E-state index contributed by atoms with van der Waals surface area (Å²) in [6.07, 6.45) is -0.480. The van der Waals surface area contributed by atoms with Crippen LogP contribution in [0.1, 0.15) is 17.5 Å². The van der Waals surface area contributed by atoms with Crippen LogP contribution in [0.25, 0.3) is 0 Å². The Morgan fingerprint density at radius 1 is 1.15 bits per heavy atom. The molecule has 1 aliphatic rings. The third kappa shape index (κ3) is 5.74. The highest BCUT2D eigenvalue weighted by molar-refractivity contribution is 7.92. The number of amides is 1. The lowest BCUT2D eigenvalue weighted by Gasteiger charge is -2.29. The van der Waals surface area contributed by atoms with Crippen molar-refractivity contribution in [2.24, 2.45) is 0 Å². The summed E-state index contributed by atoms with van der Waals surface area (Å²) < 4.78 is 69.1. The number of anilines is 2. The number of benzene rings is 2. The van der Waals surface area contributed by atoms with Crippen LogP contribution in [0.5, 0.6) is 11.5 Å². The summed E-state index contributed by atoms with van der Waals surface area (Å²) in [4.78, 5) is 17.5. The van der Waals surface area contributed by atoms with Gasteiger partial charge in [-0.3, -0.25) is 0 Å². The third-order valence-electron chi connectivity index (χ3n) is 6.94. The molecule has 40 heavy (non-hydrogen) atoms. The van der Waals surface area contributed by atoms with E-state index in [1.165, 1.54) is 37.3 Å². The molecule has 1 amide bonds. The minimum atomic E-state index is -4.61. The molecule has 4 rings (SSSR count). The van der Waals surface area contributed by atoms with Gasteiger partial charge in [-0.15, -0.1) is 0 Å². The summed E-state index contributed by atoms with van der Waals surface area (Å²) in [5, 5.41) is 9.27. The van der Waals surface area contributed by atoms with E-state index in [1.807, 2.05) is 0 Å². The lowest BCUT2D eigenvalue weighted by Crippen LogP contribution is -2.36. The molecule has 1 atom stereocenters. The van der Waals surface area contributed by atoms with E-state index >= 15 is 4.39 Å². The van der Waals surface area contributed by atoms with Crippen molar-refractivity contribution in [3.8, 4) is 11.5 Å². The minimum Gasteiger partial charge on any atom is -0.497 e. The van der Waals surface area contributed by atoms with Gasteiger partial charge < -0.3 is 24.4 Å². The van der Waals surface area contributed by atoms with E-state index < -0.39 is 32.8 Å². The number of carboxylic acid groups (broad SMARTS) is 1. The maximum Gasteiger partial charge on any atom is 0.407 e. The first-order valence-corrected chi connectivity index (χ1v) is 13.8. The Morgan fingerprint density at radius 3 is 2.52 bits per heavy atom. The largest absolute Gasteiger partial charge is 0.497 e. The SMILES string of the molecule is COc1ccc(CN(c2cccc(F)n2)S(=O)(=O)c2cc(C)c(N(C)C3CCN(C(=O)O)C3)cc2F)c(OC)c1. The molecular weight excluding hydrogens is 546 g/mol. The van der Waals surface area contributed by atoms with E-state index in [-0.39, 0.29) is 24.9 Å². The van der Waals surface area contributed by atoms with Gasteiger partial charge in [0.05, 0.1) is 20.8 Å². The summed E-state index contributed by atoms with van der Waals surface area (Å²) in [6.45, 7) is 1.91. The molecule has 13 heteroatoms. The van der Waals surface area contributed by atoms with E-state index in [4.69, 9.17) is 9.47 Å². The summed E-state index contributed by atoms with van der Waals surface area (Å²) in [7, 11) is -0.00565. The number of carbonyl (C=O) groups is 1. The van der Waals surface area contributed by atoms with E-state index in [0.29, 0.717) is 41.3 Å². The molecule has 0 bridgehead atoms. The van der Waals surface area contributed by atoms with E-state index in [9.17, 15) is 22.7 Å². The molecule has 1 N–H and O–H groups in total. The maximum atomic E-state index is 15.6. The van der Waals surface area contributed by atoms with Crippen molar-refractivity contribution in [1.29, 1.82) is 0 Å². The van der Waals surface area contributed by atoms with Gasteiger partial charge in [0.25, 0.3) is 10.0 Å². The number of ether oxygens (including phenoxy) is 2. The highest BCUT2D eigenvalue weighted by Gasteiger charge is 2.33. The Bertz CT molecular complexity index is 1520. The van der Waals surface area contributed by atoms with E-state index in [2.05, 4.69) is 4.98 Å². The number of hydrogen-bond donors (Lipinski definition) is 1. The number of pyridine rings is 1. The second-order valence-corrected chi connectivity index (χ2v) is 11.2. The zero-order chi connectivity index (χ0) is 29.2. The van der Waals surface area contributed by atoms with Crippen LogP contribution < -0.4 is 18.7 Å². The first-order chi connectivity index (χ1) is 19.0. The molecule has 10 nitrogen and oxygen atoms in total. The van der Waals surface area contributed by atoms with Crippen LogP contribution in [-0.4, -0.2) is 69.9 Å². The summed E-state index contributed by atoms with van der Waals surface area (Å²) in [5.41, 5.74) is 1.31. The fourth-order valence-electron chi connectivity index (χ4n) is 4.73. The minimum absolute atomic E-state index is 0.202. The number of likely N-dealkylation sites (N-methyl/N-ethyl adjacent to an activating group) is 1. The van der Waals surface area contributed by atoms with Crippen LogP contribution in [0.15, 0.2) is 53.4 Å². The molecule has 1 aliphatic heterocycles. The molecule has 1 aromatic heterocycles. The van der Waals surface area contributed by atoms with Crippen molar-refractivity contribution < 1.29 is 36.6 Å². The lowest BCUT2D eigenvalue weighted by molar-refractivity contribution is 0.155. The van der Waals surface area contributed by atoms with Crippen LogP contribution >= 0.6 is 0 Å². The average Bonchev–Trinajstić information content (AvgIpc) is 3.43. The average molecular weight is 577 g/mol. The lowest BCUT2D eigenvalue weighted by atomic mass is 10.1. The van der Waals surface area contributed by atoms with Crippen molar-refractivity contribution in [1.82, 2.24) is 9.88 Å². The molecule has 0 saturated carbocycles. The number of aromatic nitrogens is 1. The second-order valence-electron chi connectivity index (χ2n) is 9.36. The van der Waals surface area contributed by atoms with Crippen molar-refractivity contribution in [2.45, 2.75) is 30.8 Å². The first kappa shape index (κ1) is 28.9. The van der Waals surface area contributed by atoms with Gasteiger partial charge in [-0.2, -0.15) is 4.39 Å². The Labute approximate surface area is 231 Å². The number of halogens is 2. The van der Waals surface area contributed by atoms with Gasteiger partial charge in [0.15, 0.2) is 0 Å². The van der Waals surface area contributed by atoms with Gasteiger partial charge in [-0.05, 0) is 55.3 Å². The van der Waals surface area contributed by atoms with Crippen molar-refractivity contribution in [2.75, 3.05) is 43.6 Å². The van der Waals surface area contributed by atoms with Crippen LogP contribution in [0.3, 0.4) is 0 Å². The first-order valence-electron chi connectivity index (χ1n) is 12.3. The number of likely N-dealkylation sites (tertiary alicyclic amines) is 1. The van der Waals surface area contributed by atoms with Crippen LogP contribution in [-0.2, 0) is 16.6 Å². The predicted octanol–water partition coefficient (Wildman–Crippen LogP) is 4.27. The zero-order valence-electron chi connectivity index (χ0n) is 22.5. The Balaban J connectivity index is 1.74. The predicted molar refractivity (Wildman–Crippen MR) is 145 cm³/mol. The summed E-state index contributed by atoms with van der Waals surface area (Å²) >= 11 is 0. The fourth-order valence-corrected chi connectivity index (χ4v) is 6.26. The van der Waals surface area contributed by atoms with Gasteiger partial charge in [0.1, 0.15) is 28.0 Å². The molecule has 1 unspecified atom stereocenters. The molecule has 1 saturated heterocycles. The molecule has 0 radical (unpaired) electrons. The molecule has 214 valence electrons. The highest BCUT2D eigenvalue weighted by Crippen LogP contribution is 2.34. The van der Waals surface area contributed by atoms with E-state index in [0.717, 1.165) is 16.4 Å². The Morgan fingerprint density at radius 2 is 1.90 bits per heavy atom. The van der Waals surface area contributed by atoms with Gasteiger partial charge in [-0.1, -0.05) is 6.07 Å². The zero-order valence-corrected chi connectivity index (χ0v) is 23.3. The summed E-state index contributed by atoms with van der Waals surface area (Å²) in [5.74, 6) is -1.36. The van der Waals surface area contributed by atoms with Gasteiger partial charge >= 0.3 is 6.09 Å². The van der Waals surface area contributed by atoms with Crippen LogP contribution in [0, 0.1) is 18.7 Å². The van der Waals surface area contributed by atoms with Crippen molar-refractivity contribution >= 4 is 27.6 Å². The van der Waals surface area contributed by atoms with Gasteiger partial charge in [0.2, 0.25) is 5.95 Å². The molecule has 2 heterocycles. The van der Waals surface area contributed by atoms with E-state index in [1.54, 1.807) is 37.1 Å². The monoisotopic (exact) mass is 576 g/mol. The number of sulfonamides is 1. The van der Waals surface area contributed by atoms with Gasteiger partial charge in [-0.25, -0.2) is 26.9 Å². The number of nitrogens with zero attached hydrogens (tertiary/aromatic N) is 4. The topological polar surface area (TPSA) is 113 Å². The maximum absolute atomic E-state index is 15.6. The Hall–Kier alpha value is -4.13. The van der Waals surface area contributed by atoms with Crippen molar-refractivity contribution in [3.05, 3.63) is 71.4 Å². The van der Waals surface area contributed by atoms with Crippen molar-refractivity contribution in [3.63, 3.8) is 0 Å². The number of methoxy groups -OCH3 is 2. The molecule has 1 fully saturated rings. The van der Waals surface area contributed by atoms with Crippen LogP contribution in [0.2, 0.25) is 0 Å². The molecule has 2 aromatic carbocycles. The number of aryl methyl sites for hydroxylation is 1. The second kappa shape index (κ2) is 11.5. The quantitative estimate of drug-likeness (QED) is 0.376.